The fourth-order valence-corrected chi connectivity index (χ4v) is 3.95. The van der Waals surface area contributed by atoms with Crippen LogP contribution < -0.4 is 17.2 Å². The molecule has 0 aromatic carbocycles. The molecule has 1 fully saturated rings. The number of hydrogen-bond donors (Lipinski definition) is 7. The van der Waals surface area contributed by atoms with Crippen molar-refractivity contribution in [2.75, 3.05) is 12.3 Å². The van der Waals surface area contributed by atoms with Gasteiger partial charge in [-0.1, -0.05) is 20.4 Å². The number of nitrogens with zero attached hydrogens (tertiary/aromatic N) is 4. The molecule has 1 aliphatic heterocycles. The van der Waals surface area contributed by atoms with Gasteiger partial charge < -0.3 is 42.2 Å². The van der Waals surface area contributed by atoms with E-state index in [1.54, 1.807) is 0 Å². The van der Waals surface area contributed by atoms with E-state index >= 15 is 0 Å². The molecule has 3 rings (SSSR count). The maximum absolute atomic E-state index is 11.8. The summed E-state index contributed by atoms with van der Waals surface area (Å²) in [5.41, 5.74) is 16.9. The minimum Gasteiger partial charge on any atom is -0.480 e. The highest BCUT2D eigenvalue weighted by atomic mass is 31.2. The van der Waals surface area contributed by atoms with Crippen molar-refractivity contribution in [3.05, 3.63) is 25.3 Å². The number of nitrogens with two attached hydrogens (primary N) is 3. The number of phosphoric acid groups is 1. The Hall–Kier alpha value is -2.53. The molecule has 2 aromatic rings. The number of ether oxygens (including phenoxy) is 1. The predicted octanol–water partition coefficient (Wildman–Crippen LogP) is -0.923. The molecule has 3 heterocycles. The number of phosphoric ester groups is 1. The van der Waals surface area contributed by atoms with Crippen molar-refractivity contribution >= 4 is 30.8 Å². The average molecular weight is 533 g/mol. The Bertz CT molecular complexity index is 1080. The van der Waals surface area contributed by atoms with Crippen LogP contribution in [0.5, 0.6) is 0 Å². The third-order valence-electron chi connectivity index (χ3n) is 4.93. The topological polar surface area (TPSA) is 264 Å². The molecule has 0 spiro atoms. The van der Waals surface area contributed by atoms with Gasteiger partial charge in [-0.25, -0.2) is 19.5 Å². The van der Waals surface area contributed by atoms with E-state index in [0.717, 1.165) is 6.08 Å². The zero-order chi connectivity index (χ0) is 27.2. The second-order valence-electron chi connectivity index (χ2n) is 8.27. The van der Waals surface area contributed by atoms with Crippen LogP contribution in [0.1, 0.15) is 26.5 Å². The Kier molecular flexibility index (Phi) is 10.4. The normalized spacial score (nSPS) is 25.1. The minimum absolute atomic E-state index is 0.142. The number of aromatic nitrogens is 4. The van der Waals surface area contributed by atoms with Crippen molar-refractivity contribution in [2.24, 2.45) is 17.4 Å². The molecule has 0 saturated carbocycles. The van der Waals surface area contributed by atoms with E-state index < -0.39 is 57.2 Å². The van der Waals surface area contributed by atoms with Crippen LogP contribution in [0.15, 0.2) is 25.3 Å². The van der Waals surface area contributed by atoms with Crippen LogP contribution in [0.4, 0.5) is 5.82 Å². The van der Waals surface area contributed by atoms with E-state index in [0.29, 0.717) is 17.9 Å². The van der Waals surface area contributed by atoms with Gasteiger partial charge in [0.15, 0.2) is 17.7 Å². The molecule has 202 valence electrons. The molecular weight excluding hydrogens is 501 g/mol. The average Bonchev–Trinajstić information content (AvgIpc) is 3.34. The van der Waals surface area contributed by atoms with Gasteiger partial charge in [-0.05, 0) is 18.4 Å². The molecule has 1 saturated heterocycles. The smallest absolute Gasteiger partial charge is 0.474 e. The highest BCUT2D eigenvalue weighted by Gasteiger charge is 2.45. The van der Waals surface area contributed by atoms with Crippen LogP contribution in [-0.2, 0) is 23.1 Å². The van der Waals surface area contributed by atoms with Crippen LogP contribution in [0.3, 0.4) is 0 Å². The predicted molar refractivity (Wildman–Crippen MR) is 126 cm³/mol. The van der Waals surface area contributed by atoms with Crippen LogP contribution >= 0.6 is 7.82 Å². The summed E-state index contributed by atoms with van der Waals surface area (Å²) in [6.07, 6.45) is -2.04. The lowest BCUT2D eigenvalue weighted by atomic mass is 10.1. The quantitative estimate of drug-likeness (QED) is 0.110. The van der Waals surface area contributed by atoms with E-state index in [2.05, 4.69) is 26.1 Å². The summed E-state index contributed by atoms with van der Waals surface area (Å²) in [5.74, 6) is -0.414. The maximum atomic E-state index is 11.8. The standard InChI is InChI=1S/C13H19N6O7P.C6H13NO2/c1-2-7(14)26-27(22,23)24-3-6-9(20)10(21)13(25-6)19-5-18-8-11(15)16-4-17-12(8)19;1-4(2)3-5(7)6(8)9/h2,4-7,9-10,13,20-21H,1,3,14H2,(H,22,23)(H2,15,16,17);4-5H,3,7H2,1-2H3,(H,8,9)/t6-,7?,9-,10-,13-;5-/m10/s1. The third-order valence-corrected chi connectivity index (χ3v) is 5.92. The van der Waals surface area contributed by atoms with Crippen LogP contribution in [-0.4, -0.2) is 82.9 Å². The van der Waals surface area contributed by atoms with E-state index in [9.17, 15) is 24.5 Å². The maximum Gasteiger partial charge on any atom is 0.474 e. The first-order valence-electron chi connectivity index (χ1n) is 10.7. The van der Waals surface area contributed by atoms with Gasteiger partial charge in [-0.2, -0.15) is 0 Å². The van der Waals surface area contributed by atoms with Crippen molar-refractivity contribution in [3.63, 3.8) is 0 Å². The molecule has 36 heavy (non-hydrogen) atoms. The van der Waals surface area contributed by atoms with Crippen molar-refractivity contribution in [1.82, 2.24) is 19.5 Å². The number of aliphatic hydroxyl groups is 2. The number of nitrogen functional groups attached to an aromatic ring is 1. The van der Waals surface area contributed by atoms with Gasteiger partial charge in [0, 0.05) is 0 Å². The van der Waals surface area contributed by atoms with Crippen LogP contribution in [0.2, 0.25) is 0 Å². The van der Waals surface area contributed by atoms with Crippen molar-refractivity contribution in [3.8, 4) is 0 Å². The summed E-state index contributed by atoms with van der Waals surface area (Å²) >= 11 is 0. The monoisotopic (exact) mass is 533 g/mol. The minimum atomic E-state index is -4.51. The van der Waals surface area contributed by atoms with Gasteiger partial charge in [0.1, 0.15) is 42.4 Å². The van der Waals surface area contributed by atoms with Gasteiger partial charge in [-0.15, -0.1) is 0 Å². The molecule has 1 aliphatic rings. The molecule has 0 radical (unpaired) electrons. The lowest BCUT2D eigenvalue weighted by Gasteiger charge is -2.18. The van der Waals surface area contributed by atoms with E-state index in [1.807, 2.05) is 13.8 Å². The molecule has 7 atom stereocenters. The summed E-state index contributed by atoms with van der Waals surface area (Å²) in [5, 5.41) is 28.8. The molecular formula is C19H32N7O9P. The lowest BCUT2D eigenvalue weighted by Crippen LogP contribution is -2.33. The zero-order valence-electron chi connectivity index (χ0n) is 19.7. The number of imidazole rings is 1. The summed E-state index contributed by atoms with van der Waals surface area (Å²) in [4.78, 5) is 31.6. The van der Waals surface area contributed by atoms with Crippen molar-refractivity contribution in [1.29, 1.82) is 0 Å². The lowest BCUT2D eigenvalue weighted by molar-refractivity contribution is -0.138. The fraction of sp³-hybridized carbons (Fsp3) is 0.579. The highest BCUT2D eigenvalue weighted by Crippen LogP contribution is 2.45. The molecule has 2 unspecified atom stereocenters. The number of rotatable bonds is 10. The Balaban J connectivity index is 0.000000434. The summed E-state index contributed by atoms with van der Waals surface area (Å²) < 4.78 is 28.1. The van der Waals surface area contributed by atoms with Crippen molar-refractivity contribution < 1.29 is 43.4 Å². The SMILES string of the molecule is C=CC(N)OP(=O)(O)OC[C@H]1O[C@@H](n2cnc3c(N)ncnc32)[C@H](O)[C@@H]1O.CC(C)C[C@H](N)C(=O)O. The number of carboxylic acids is 1. The van der Waals surface area contributed by atoms with E-state index in [4.69, 9.17) is 31.6 Å². The zero-order valence-corrected chi connectivity index (χ0v) is 20.6. The molecule has 10 N–H and O–H groups in total. The summed E-state index contributed by atoms with van der Waals surface area (Å²) in [6, 6.07) is -0.690. The fourth-order valence-electron chi connectivity index (χ4n) is 3.16. The van der Waals surface area contributed by atoms with Gasteiger partial charge in [-0.3, -0.25) is 18.4 Å². The number of carbonyl (C=O) groups is 1. The molecule has 0 bridgehead atoms. The number of aliphatic carboxylic acids is 1. The third kappa shape index (κ3) is 7.73. The van der Waals surface area contributed by atoms with E-state index in [1.165, 1.54) is 17.2 Å². The number of carboxylic acid groups (broad SMARTS) is 1. The van der Waals surface area contributed by atoms with Gasteiger partial charge >= 0.3 is 13.8 Å². The molecule has 0 aliphatic carbocycles. The van der Waals surface area contributed by atoms with Crippen LogP contribution in [0.25, 0.3) is 11.2 Å². The Labute approximate surface area is 206 Å². The van der Waals surface area contributed by atoms with E-state index in [-0.39, 0.29) is 11.5 Å². The Morgan fingerprint density at radius 2 is 1.97 bits per heavy atom. The Morgan fingerprint density at radius 1 is 1.31 bits per heavy atom. The first-order chi connectivity index (χ1) is 16.8. The van der Waals surface area contributed by atoms with Gasteiger partial charge in [0.2, 0.25) is 0 Å². The summed E-state index contributed by atoms with van der Waals surface area (Å²) in [7, 11) is -4.51. The Morgan fingerprint density at radius 3 is 2.53 bits per heavy atom. The molecule has 2 aromatic heterocycles. The van der Waals surface area contributed by atoms with Gasteiger partial charge in [0.25, 0.3) is 0 Å². The van der Waals surface area contributed by atoms with Crippen molar-refractivity contribution in [2.45, 2.75) is 57.1 Å². The number of aliphatic hydroxyl groups excluding tert-OH is 2. The molecule has 0 amide bonds. The molecule has 16 nitrogen and oxygen atoms in total. The largest absolute Gasteiger partial charge is 0.480 e. The molecule has 17 heteroatoms. The summed E-state index contributed by atoms with van der Waals surface area (Å²) in [6.45, 7) is 6.66. The van der Waals surface area contributed by atoms with Crippen LogP contribution in [0, 0.1) is 5.92 Å². The number of hydrogen-bond acceptors (Lipinski definition) is 13. The second kappa shape index (κ2) is 12.6. The number of anilines is 1. The highest BCUT2D eigenvalue weighted by molar-refractivity contribution is 7.47. The first-order valence-corrected chi connectivity index (χ1v) is 12.2. The number of fused-ring (bicyclic) bond motifs is 1. The first kappa shape index (κ1) is 29.7. The van der Waals surface area contributed by atoms with Gasteiger partial charge in [0.05, 0.1) is 12.9 Å². The second-order valence-corrected chi connectivity index (χ2v) is 9.68.